The zero-order valence-electron chi connectivity index (χ0n) is 12.5. The Morgan fingerprint density at radius 2 is 2.00 bits per heavy atom. The van der Waals surface area contributed by atoms with E-state index in [-0.39, 0.29) is 11.5 Å². The summed E-state index contributed by atoms with van der Waals surface area (Å²) < 4.78 is 5.20. The first-order chi connectivity index (χ1) is 11.1. The van der Waals surface area contributed by atoms with Crippen molar-refractivity contribution in [1.29, 1.82) is 0 Å². The normalized spacial score (nSPS) is 14.9. The van der Waals surface area contributed by atoms with Crippen LogP contribution in [0, 0.1) is 0 Å². The second-order valence-electron chi connectivity index (χ2n) is 5.16. The molecular formula is C18H15NO4. The fraction of sp³-hybridized carbons (Fsp3) is 0.111. The standard InChI is InChI=1S/C18H15NO4/c1-23-13-6-4-5-12(9-13)11-19-16-8-3-2-7-14(16)15(18(19)22)10-17(20)21/h2-10H,11H2,1H3,(H,20,21). The van der Waals surface area contributed by atoms with Gasteiger partial charge in [-0.15, -0.1) is 0 Å². The maximum atomic E-state index is 12.6. The third-order valence-electron chi connectivity index (χ3n) is 3.70. The molecule has 0 atom stereocenters. The van der Waals surface area contributed by atoms with E-state index in [0.29, 0.717) is 23.5 Å². The van der Waals surface area contributed by atoms with Crippen LogP contribution in [0.5, 0.6) is 5.75 Å². The van der Waals surface area contributed by atoms with Crippen molar-refractivity contribution in [3.8, 4) is 5.75 Å². The van der Waals surface area contributed by atoms with E-state index in [0.717, 1.165) is 11.6 Å². The molecule has 0 unspecified atom stereocenters. The van der Waals surface area contributed by atoms with Gasteiger partial charge in [-0.25, -0.2) is 4.79 Å². The molecule has 5 nitrogen and oxygen atoms in total. The van der Waals surface area contributed by atoms with Gasteiger partial charge in [0.1, 0.15) is 5.75 Å². The first-order valence-electron chi connectivity index (χ1n) is 7.09. The van der Waals surface area contributed by atoms with Crippen LogP contribution in [0.4, 0.5) is 5.69 Å². The SMILES string of the molecule is COc1cccc(CN2C(=O)C(=CC(=O)O)c3ccccc32)c1. The number of methoxy groups -OCH3 is 1. The van der Waals surface area contributed by atoms with E-state index in [9.17, 15) is 9.59 Å². The molecule has 2 aromatic carbocycles. The molecule has 1 aliphatic heterocycles. The Hall–Kier alpha value is -3.08. The number of ether oxygens (including phenoxy) is 1. The molecule has 0 fully saturated rings. The summed E-state index contributed by atoms with van der Waals surface area (Å²) in [7, 11) is 1.59. The first kappa shape index (κ1) is 14.8. The van der Waals surface area contributed by atoms with Crippen LogP contribution in [-0.4, -0.2) is 24.1 Å². The average molecular weight is 309 g/mol. The summed E-state index contributed by atoms with van der Waals surface area (Å²) in [4.78, 5) is 25.2. The highest BCUT2D eigenvalue weighted by Gasteiger charge is 2.32. The van der Waals surface area contributed by atoms with E-state index in [4.69, 9.17) is 9.84 Å². The van der Waals surface area contributed by atoms with Crippen molar-refractivity contribution in [3.63, 3.8) is 0 Å². The molecule has 0 aromatic heterocycles. The number of nitrogens with zero attached hydrogens (tertiary/aromatic N) is 1. The van der Waals surface area contributed by atoms with Crippen LogP contribution in [0.25, 0.3) is 5.57 Å². The van der Waals surface area contributed by atoms with Crippen molar-refractivity contribution in [2.75, 3.05) is 12.0 Å². The molecule has 1 N–H and O–H groups in total. The van der Waals surface area contributed by atoms with Gasteiger partial charge in [-0.3, -0.25) is 4.79 Å². The van der Waals surface area contributed by atoms with E-state index >= 15 is 0 Å². The predicted octanol–water partition coefficient (Wildman–Crippen LogP) is 2.71. The van der Waals surface area contributed by atoms with Crippen LogP contribution >= 0.6 is 0 Å². The van der Waals surface area contributed by atoms with Gasteiger partial charge in [0, 0.05) is 11.6 Å². The number of benzene rings is 2. The number of fused-ring (bicyclic) bond motifs is 1. The summed E-state index contributed by atoms with van der Waals surface area (Å²) in [6.45, 7) is 0.351. The minimum Gasteiger partial charge on any atom is -0.497 e. The van der Waals surface area contributed by atoms with E-state index in [1.54, 1.807) is 24.1 Å². The number of para-hydroxylation sites is 1. The molecule has 0 bridgehead atoms. The van der Waals surface area contributed by atoms with Gasteiger partial charge in [0.25, 0.3) is 5.91 Å². The van der Waals surface area contributed by atoms with E-state index in [2.05, 4.69) is 0 Å². The molecule has 1 aliphatic rings. The van der Waals surface area contributed by atoms with Gasteiger partial charge in [0.2, 0.25) is 0 Å². The third kappa shape index (κ3) is 2.81. The van der Waals surface area contributed by atoms with Gasteiger partial charge in [-0.1, -0.05) is 30.3 Å². The molecule has 1 amide bonds. The highest BCUT2D eigenvalue weighted by molar-refractivity contribution is 6.34. The van der Waals surface area contributed by atoms with Gasteiger partial charge in [0.05, 0.1) is 24.9 Å². The lowest BCUT2D eigenvalue weighted by Crippen LogP contribution is -2.25. The van der Waals surface area contributed by atoms with Crippen LogP contribution in [-0.2, 0) is 16.1 Å². The van der Waals surface area contributed by atoms with Gasteiger partial charge in [-0.2, -0.15) is 0 Å². The van der Waals surface area contributed by atoms with Crippen molar-refractivity contribution in [2.45, 2.75) is 6.54 Å². The highest BCUT2D eigenvalue weighted by Crippen LogP contribution is 2.37. The number of hydrogen-bond donors (Lipinski definition) is 1. The summed E-state index contributed by atoms with van der Waals surface area (Å²) in [5.74, 6) is -0.730. The minimum absolute atomic E-state index is 0.205. The zero-order valence-corrected chi connectivity index (χ0v) is 12.5. The highest BCUT2D eigenvalue weighted by atomic mass is 16.5. The Morgan fingerprint density at radius 3 is 2.74 bits per heavy atom. The van der Waals surface area contributed by atoms with Gasteiger partial charge < -0.3 is 14.7 Å². The molecule has 0 spiro atoms. The van der Waals surface area contributed by atoms with Gasteiger partial charge in [-0.05, 0) is 23.8 Å². The Morgan fingerprint density at radius 1 is 1.22 bits per heavy atom. The Labute approximate surface area is 133 Å². The molecule has 2 aromatic rings. The number of carboxylic acid groups (broad SMARTS) is 1. The lowest BCUT2D eigenvalue weighted by atomic mass is 10.1. The van der Waals surface area contributed by atoms with Gasteiger partial charge >= 0.3 is 5.97 Å². The average Bonchev–Trinajstić information content (AvgIpc) is 2.81. The largest absolute Gasteiger partial charge is 0.497 e. The lowest BCUT2D eigenvalue weighted by molar-refractivity contribution is -0.131. The van der Waals surface area contributed by atoms with E-state index in [1.165, 1.54) is 0 Å². The minimum atomic E-state index is -1.13. The second-order valence-corrected chi connectivity index (χ2v) is 5.16. The number of carbonyl (C=O) groups excluding carboxylic acids is 1. The van der Waals surface area contributed by atoms with E-state index in [1.807, 2.05) is 36.4 Å². The summed E-state index contributed by atoms with van der Waals surface area (Å²) in [5.41, 5.74) is 2.47. The van der Waals surface area contributed by atoms with Gasteiger partial charge in [0.15, 0.2) is 0 Å². The Bertz CT molecular complexity index is 810. The van der Waals surface area contributed by atoms with Crippen LogP contribution in [0.3, 0.4) is 0 Å². The van der Waals surface area contributed by atoms with Crippen LogP contribution in [0.15, 0.2) is 54.6 Å². The molecule has 0 saturated carbocycles. The molecule has 3 rings (SSSR count). The number of carbonyl (C=O) groups is 2. The van der Waals surface area contributed by atoms with Crippen molar-refractivity contribution in [3.05, 3.63) is 65.7 Å². The summed E-state index contributed by atoms with van der Waals surface area (Å²) in [5, 5.41) is 9.00. The van der Waals surface area contributed by atoms with Crippen molar-refractivity contribution in [2.24, 2.45) is 0 Å². The number of amides is 1. The molecule has 116 valence electrons. The number of carboxylic acids is 1. The third-order valence-corrected chi connectivity index (χ3v) is 3.70. The number of anilines is 1. The molecule has 0 aliphatic carbocycles. The molecule has 1 heterocycles. The Kier molecular flexibility index (Phi) is 3.85. The summed E-state index contributed by atoms with van der Waals surface area (Å²) in [6.07, 6.45) is 0.965. The maximum Gasteiger partial charge on any atom is 0.329 e. The van der Waals surface area contributed by atoms with Crippen molar-refractivity contribution in [1.82, 2.24) is 0 Å². The molecule has 0 saturated heterocycles. The fourth-order valence-corrected chi connectivity index (χ4v) is 2.68. The first-order valence-corrected chi connectivity index (χ1v) is 7.09. The number of aliphatic carboxylic acids is 1. The smallest absolute Gasteiger partial charge is 0.329 e. The lowest BCUT2D eigenvalue weighted by Gasteiger charge is -2.17. The molecule has 0 radical (unpaired) electrons. The Balaban J connectivity index is 1.99. The second kappa shape index (κ2) is 5.96. The molecule has 23 heavy (non-hydrogen) atoms. The quantitative estimate of drug-likeness (QED) is 0.882. The molecular weight excluding hydrogens is 294 g/mol. The summed E-state index contributed by atoms with van der Waals surface area (Å²) in [6, 6.07) is 14.6. The fourth-order valence-electron chi connectivity index (χ4n) is 2.68. The zero-order chi connectivity index (χ0) is 16.4. The number of hydrogen-bond acceptors (Lipinski definition) is 3. The topological polar surface area (TPSA) is 66.8 Å². The van der Waals surface area contributed by atoms with Crippen LogP contribution < -0.4 is 9.64 Å². The van der Waals surface area contributed by atoms with Crippen LogP contribution in [0.2, 0.25) is 0 Å². The number of rotatable bonds is 4. The monoisotopic (exact) mass is 309 g/mol. The molecule has 5 heteroatoms. The predicted molar refractivity (Wildman–Crippen MR) is 86.2 cm³/mol. The summed E-state index contributed by atoms with van der Waals surface area (Å²) >= 11 is 0. The van der Waals surface area contributed by atoms with E-state index < -0.39 is 5.97 Å². The maximum absolute atomic E-state index is 12.6. The van der Waals surface area contributed by atoms with Crippen molar-refractivity contribution < 1.29 is 19.4 Å². The van der Waals surface area contributed by atoms with Crippen molar-refractivity contribution >= 4 is 23.1 Å². The van der Waals surface area contributed by atoms with Crippen LogP contribution in [0.1, 0.15) is 11.1 Å².